The van der Waals surface area contributed by atoms with E-state index in [1.807, 2.05) is 6.92 Å². The largest absolute Gasteiger partial charge is 0.352 e. The van der Waals surface area contributed by atoms with E-state index < -0.39 is 21.7 Å². The molecule has 3 rings (SSSR count). The smallest absolute Gasteiger partial charge is 0.261 e. The van der Waals surface area contributed by atoms with E-state index in [1.54, 1.807) is 18.2 Å². The second-order valence-corrected chi connectivity index (χ2v) is 8.46. The van der Waals surface area contributed by atoms with Crippen molar-refractivity contribution < 1.29 is 22.8 Å². The Morgan fingerprint density at radius 1 is 1.25 bits per heavy atom. The molecule has 24 heavy (non-hydrogen) atoms. The Hall–Kier alpha value is -2.22. The molecule has 3 amide bonds. The van der Waals surface area contributed by atoms with Crippen LogP contribution in [0.2, 0.25) is 0 Å². The Labute approximate surface area is 139 Å². The predicted octanol–water partition coefficient (Wildman–Crippen LogP) is 0.284. The number of fused-ring (bicyclic) bond motifs is 1. The summed E-state index contributed by atoms with van der Waals surface area (Å²) in [5, 5.41) is 2.65. The first kappa shape index (κ1) is 16.6. The second-order valence-electron chi connectivity index (χ2n) is 6.23. The van der Waals surface area contributed by atoms with Crippen LogP contribution in [0.4, 0.5) is 0 Å². The van der Waals surface area contributed by atoms with Crippen molar-refractivity contribution in [3.05, 3.63) is 34.9 Å². The summed E-state index contributed by atoms with van der Waals surface area (Å²) in [6, 6.07) is 4.67. The van der Waals surface area contributed by atoms with Crippen LogP contribution in [0.25, 0.3) is 0 Å². The third-order valence-corrected chi connectivity index (χ3v) is 6.05. The van der Waals surface area contributed by atoms with Gasteiger partial charge in [0, 0.05) is 19.0 Å². The molecular formula is C16H18N2O5S. The maximum absolute atomic E-state index is 12.3. The zero-order valence-electron chi connectivity index (χ0n) is 13.2. The van der Waals surface area contributed by atoms with Crippen LogP contribution in [0, 0.1) is 6.92 Å². The van der Waals surface area contributed by atoms with Gasteiger partial charge in [0.1, 0.15) is 0 Å². The third kappa shape index (κ3) is 3.19. The van der Waals surface area contributed by atoms with Crippen LogP contribution in [-0.2, 0) is 14.6 Å². The average molecular weight is 350 g/mol. The maximum Gasteiger partial charge on any atom is 0.261 e. The minimum atomic E-state index is -3.06. The number of hydrogen-bond acceptors (Lipinski definition) is 5. The van der Waals surface area contributed by atoms with Crippen molar-refractivity contribution in [1.82, 2.24) is 10.2 Å². The quantitative estimate of drug-likeness (QED) is 0.787. The molecule has 1 N–H and O–H groups in total. The number of benzene rings is 1. The van der Waals surface area contributed by atoms with E-state index in [9.17, 15) is 22.8 Å². The van der Waals surface area contributed by atoms with Gasteiger partial charge in [-0.3, -0.25) is 19.3 Å². The Kier molecular flexibility index (Phi) is 4.16. The van der Waals surface area contributed by atoms with E-state index in [-0.39, 0.29) is 36.4 Å². The highest BCUT2D eigenvalue weighted by molar-refractivity contribution is 7.91. The minimum absolute atomic E-state index is 0.0172. The molecule has 2 heterocycles. The lowest BCUT2D eigenvalue weighted by Gasteiger charge is -2.15. The van der Waals surface area contributed by atoms with Crippen molar-refractivity contribution in [2.24, 2.45) is 0 Å². The molecule has 2 aliphatic heterocycles. The lowest BCUT2D eigenvalue weighted by Crippen LogP contribution is -2.39. The third-order valence-electron chi connectivity index (χ3n) is 4.29. The van der Waals surface area contributed by atoms with Gasteiger partial charge in [-0.1, -0.05) is 11.6 Å². The summed E-state index contributed by atoms with van der Waals surface area (Å²) in [4.78, 5) is 37.6. The van der Waals surface area contributed by atoms with E-state index in [0.29, 0.717) is 17.5 Å². The number of sulfone groups is 1. The number of nitrogens with one attached hydrogen (secondary N) is 1. The molecule has 7 nitrogen and oxygen atoms in total. The summed E-state index contributed by atoms with van der Waals surface area (Å²) in [7, 11) is -3.06. The van der Waals surface area contributed by atoms with E-state index in [1.165, 1.54) is 0 Å². The van der Waals surface area contributed by atoms with Crippen molar-refractivity contribution in [3.8, 4) is 0 Å². The first-order chi connectivity index (χ1) is 11.3. The molecule has 1 unspecified atom stereocenters. The molecule has 2 aliphatic rings. The van der Waals surface area contributed by atoms with Crippen molar-refractivity contribution in [2.75, 3.05) is 18.1 Å². The summed E-state index contributed by atoms with van der Waals surface area (Å²) < 4.78 is 22.8. The van der Waals surface area contributed by atoms with Gasteiger partial charge in [0.25, 0.3) is 11.8 Å². The number of nitrogens with zero attached hydrogens (tertiary/aromatic N) is 1. The highest BCUT2D eigenvalue weighted by Gasteiger charge is 2.35. The van der Waals surface area contributed by atoms with Crippen LogP contribution < -0.4 is 5.32 Å². The fourth-order valence-electron chi connectivity index (χ4n) is 3.03. The van der Waals surface area contributed by atoms with Gasteiger partial charge in [-0.2, -0.15) is 0 Å². The highest BCUT2D eigenvalue weighted by Crippen LogP contribution is 2.24. The topological polar surface area (TPSA) is 101 Å². The SMILES string of the molecule is Cc1ccc2c(c1)C(=O)N(CCC(=O)NC1CCS(=O)(=O)C1)C2=O. The summed E-state index contributed by atoms with van der Waals surface area (Å²) in [6.45, 7) is 1.82. The number of rotatable bonds is 4. The van der Waals surface area contributed by atoms with Crippen LogP contribution in [-0.4, -0.2) is 55.1 Å². The van der Waals surface area contributed by atoms with Crippen molar-refractivity contribution >= 4 is 27.6 Å². The molecule has 8 heteroatoms. The average Bonchev–Trinajstić information content (AvgIpc) is 2.95. The molecule has 0 saturated carbocycles. The van der Waals surface area contributed by atoms with Crippen LogP contribution in [0.1, 0.15) is 39.1 Å². The first-order valence-electron chi connectivity index (χ1n) is 7.73. The lowest BCUT2D eigenvalue weighted by atomic mass is 10.1. The van der Waals surface area contributed by atoms with Gasteiger partial charge in [0.05, 0.1) is 22.6 Å². The molecule has 1 atom stereocenters. The van der Waals surface area contributed by atoms with Crippen LogP contribution in [0.5, 0.6) is 0 Å². The fourth-order valence-corrected chi connectivity index (χ4v) is 4.70. The maximum atomic E-state index is 12.3. The van der Waals surface area contributed by atoms with E-state index >= 15 is 0 Å². The lowest BCUT2D eigenvalue weighted by molar-refractivity contribution is -0.121. The van der Waals surface area contributed by atoms with E-state index in [2.05, 4.69) is 5.32 Å². The molecule has 1 aromatic carbocycles. The van der Waals surface area contributed by atoms with Gasteiger partial charge >= 0.3 is 0 Å². The summed E-state index contributed by atoms with van der Waals surface area (Å²) in [6.07, 6.45) is 0.362. The first-order valence-corrected chi connectivity index (χ1v) is 9.55. The van der Waals surface area contributed by atoms with Gasteiger partial charge in [0.2, 0.25) is 5.91 Å². The van der Waals surface area contributed by atoms with Gasteiger partial charge in [-0.25, -0.2) is 8.42 Å². The van der Waals surface area contributed by atoms with Gasteiger partial charge in [-0.15, -0.1) is 0 Å². The number of carbonyl (C=O) groups excluding carboxylic acids is 3. The molecule has 0 spiro atoms. The van der Waals surface area contributed by atoms with Gasteiger partial charge < -0.3 is 5.32 Å². The van der Waals surface area contributed by atoms with Crippen molar-refractivity contribution in [2.45, 2.75) is 25.8 Å². The Bertz CT molecular complexity index is 831. The summed E-state index contributed by atoms with van der Waals surface area (Å²) in [5.74, 6) is -1.12. The number of aryl methyl sites for hydroxylation is 1. The Morgan fingerprint density at radius 3 is 2.62 bits per heavy atom. The van der Waals surface area contributed by atoms with E-state index in [4.69, 9.17) is 0 Å². The van der Waals surface area contributed by atoms with Crippen LogP contribution in [0.15, 0.2) is 18.2 Å². The number of imide groups is 1. The number of hydrogen-bond donors (Lipinski definition) is 1. The summed E-state index contributed by atoms with van der Waals surface area (Å²) in [5.41, 5.74) is 1.60. The molecule has 0 radical (unpaired) electrons. The van der Waals surface area contributed by atoms with Crippen LogP contribution >= 0.6 is 0 Å². The molecule has 1 aromatic rings. The van der Waals surface area contributed by atoms with Gasteiger partial charge in [-0.05, 0) is 25.5 Å². The normalized spacial score (nSPS) is 21.9. The molecule has 1 saturated heterocycles. The fraction of sp³-hybridized carbons (Fsp3) is 0.438. The minimum Gasteiger partial charge on any atom is -0.352 e. The Balaban J connectivity index is 1.59. The standard InChI is InChI=1S/C16H18N2O5S/c1-10-2-3-12-13(8-10)16(21)18(15(12)20)6-4-14(19)17-11-5-7-24(22,23)9-11/h2-3,8,11H,4-7,9H2,1H3,(H,17,19). The molecule has 0 aliphatic carbocycles. The van der Waals surface area contributed by atoms with Crippen molar-refractivity contribution in [1.29, 1.82) is 0 Å². The highest BCUT2D eigenvalue weighted by atomic mass is 32.2. The molecular weight excluding hydrogens is 332 g/mol. The molecule has 0 aromatic heterocycles. The molecule has 0 bridgehead atoms. The molecule has 128 valence electrons. The monoisotopic (exact) mass is 350 g/mol. The van der Waals surface area contributed by atoms with Crippen LogP contribution in [0.3, 0.4) is 0 Å². The number of amides is 3. The number of carbonyl (C=O) groups is 3. The Morgan fingerprint density at radius 2 is 1.96 bits per heavy atom. The van der Waals surface area contributed by atoms with Crippen molar-refractivity contribution in [3.63, 3.8) is 0 Å². The zero-order valence-corrected chi connectivity index (χ0v) is 14.1. The zero-order chi connectivity index (χ0) is 17.5. The second kappa shape index (κ2) is 6.01. The summed E-state index contributed by atoms with van der Waals surface area (Å²) >= 11 is 0. The molecule has 1 fully saturated rings. The van der Waals surface area contributed by atoms with E-state index in [0.717, 1.165) is 10.5 Å². The predicted molar refractivity (Wildman–Crippen MR) is 86.4 cm³/mol. The van der Waals surface area contributed by atoms with Gasteiger partial charge in [0.15, 0.2) is 9.84 Å².